The van der Waals surface area contributed by atoms with Crippen LogP contribution in [0.4, 0.5) is 5.13 Å². The fourth-order valence-corrected chi connectivity index (χ4v) is 3.06. The molecule has 0 fully saturated rings. The number of nitriles is 1. The maximum absolute atomic E-state index is 11.7. The molecule has 88 valence electrons. The third-order valence-corrected chi connectivity index (χ3v) is 4.67. The number of hydrogen-bond acceptors (Lipinski definition) is 6. The highest BCUT2D eigenvalue weighted by atomic mass is 32.2. The van der Waals surface area contributed by atoms with Crippen LogP contribution in [-0.4, -0.2) is 23.9 Å². The van der Waals surface area contributed by atoms with Crippen LogP contribution in [0, 0.1) is 11.3 Å². The molecule has 0 amide bonds. The Morgan fingerprint density at radius 3 is 2.62 bits per heavy atom. The quantitative estimate of drug-likeness (QED) is 0.856. The van der Waals surface area contributed by atoms with Crippen molar-refractivity contribution in [3.05, 3.63) is 5.01 Å². The van der Waals surface area contributed by atoms with Crippen molar-refractivity contribution in [1.29, 1.82) is 5.26 Å². The fourth-order valence-electron chi connectivity index (χ4n) is 1.01. The maximum Gasteiger partial charge on any atom is 0.250 e. The van der Waals surface area contributed by atoms with E-state index in [1.807, 2.05) is 6.92 Å². The summed E-state index contributed by atoms with van der Waals surface area (Å²) in [4.78, 5) is 0. The lowest BCUT2D eigenvalue weighted by Crippen LogP contribution is -2.25. The van der Waals surface area contributed by atoms with Crippen molar-refractivity contribution in [2.24, 2.45) is 0 Å². The molecule has 6 nitrogen and oxygen atoms in total. The van der Waals surface area contributed by atoms with Gasteiger partial charge in [-0.3, -0.25) is 4.72 Å². The van der Waals surface area contributed by atoms with Gasteiger partial charge in [0, 0.05) is 0 Å². The minimum absolute atomic E-state index is 0.213. The van der Waals surface area contributed by atoms with Gasteiger partial charge in [0.2, 0.25) is 5.13 Å². The van der Waals surface area contributed by atoms with E-state index in [-0.39, 0.29) is 11.6 Å². The summed E-state index contributed by atoms with van der Waals surface area (Å²) >= 11 is 1.18. The van der Waals surface area contributed by atoms with Gasteiger partial charge in [-0.05, 0) is 12.8 Å². The molecule has 1 unspecified atom stereocenters. The molecule has 1 N–H and O–H groups in total. The molecule has 0 saturated carbocycles. The highest BCUT2D eigenvalue weighted by Gasteiger charge is 2.24. The largest absolute Gasteiger partial charge is 0.256 e. The Bertz CT molecular complexity index is 488. The van der Waals surface area contributed by atoms with Gasteiger partial charge in [0.15, 0.2) is 5.25 Å². The van der Waals surface area contributed by atoms with Crippen LogP contribution in [0.2, 0.25) is 0 Å². The number of hydrogen-bond donors (Lipinski definition) is 1. The summed E-state index contributed by atoms with van der Waals surface area (Å²) in [5, 5.41) is 16.1. The van der Waals surface area contributed by atoms with Crippen molar-refractivity contribution < 1.29 is 8.42 Å². The number of anilines is 1. The molecule has 0 spiro atoms. The fraction of sp³-hybridized carbons (Fsp3) is 0.625. The minimum atomic E-state index is -3.67. The summed E-state index contributed by atoms with van der Waals surface area (Å²) in [6, 6.07) is 1.74. The van der Waals surface area contributed by atoms with Gasteiger partial charge in [-0.2, -0.15) is 5.26 Å². The van der Waals surface area contributed by atoms with E-state index < -0.39 is 15.3 Å². The predicted octanol–water partition coefficient (Wildman–Crippen LogP) is 1.14. The average molecular weight is 260 g/mol. The molecule has 0 bridgehead atoms. The molecular weight excluding hydrogens is 248 g/mol. The summed E-state index contributed by atoms with van der Waals surface area (Å²) in [6.45, 7) is 3.55. The standard InChI is InChI=1S/C8H12N4O2S2/c1-3-6(5-9)16(13,14)12-8-11-10-7(4-2)15-8/h6H,3-4H2,1-2H3,(H,11,12). The van der Waals surface area contributed by atoms with E-state index in [1.165, 1.54) is 11.3 Å². The van der Waals surface area contributed by atoms with Gasteiger partial charge in [0.1, 0.15) is 5.01 Å². The number of sulfonamides is 1. The first-order chi connectivity index (χ1) is 7.53. The van der Waals surface area contributed by atoms with Crippen LogP contribution in [0.1, 0.15) is 25.3 Å². The maximum atomic E-state index is 11.7. The third kappa shape index (κ3) is 2.90. The van der Waals surface area contributed by atoms with Crippen molar-refractivity contribution in [3.8, 4) is 6.07 Å². The van der Waals surface area contributed by atoms with Crippen LogP contribution in [0.25, 0.3) is 0 Å². The molecule has 0 radical (unpaired) electrons. The van der Waals surface area contributed by atoms with Crippen molar-refractivity contribution in [1.82, 2.24) is 10.2 Å². The van der Waals surface area contributed by atoms with Crippen molar-refractivity contribution in [2.75, 3.05) is 4.72 Å². The molecule has 0 aromatic carbocycles. The van der Waals surface area contributed by atoms with E-state index in [0.29, 0.717) is 6.42 Å². The molecule has 0 saturated heterocycles. The molecule has 1 aromatic rings. The lowest BCUT2D eigenvalue weighted by atomic mass is 10.4. The van der Waals surface area contributed by atoms with Crippen LogP contribution in [-0.2, 0) is 16.4 Å². The van der Waals surface area contributed by atoms with Crippen molar-refractivity contribution in [3.63, 3.8) is 0 Å². The molecule has 1 atom stereocenters. The SMILES string of the molecule is CCc1nnc(NS(=O)(=O)C(C#N)CC)s1. The van der Waals surface area contributed by atoms with Gasteiger partial charge in [0.05, 0.1) is 6.07 Å². The normalized spacial score (nSPS) is 13.1. The third-order valence-electron chi connectivity index (χ3n) is 1.89. The summed E-state index contributed by atoms with van der Waals surface area (Å²) in [7, 11) is -3.67. The Kier molecular flexibility index (Phi) is 4.20. The Hall–Kier alpha value is -1.20. The second kappa shape index (κ2) is 5.23. The van der Waals surface area contributed by atoms with E-state index in [1.54, 1.807) is 13.0 Å². The molecule has 0 aliphatic rings. The second-order valence-electron chi connectivity index (χ2n) is 3.03. The van der Waals surface area contributed by atoms with Crippen LogP contribution >= 0.6 is 11.3 Å². The lowest BCUT2D eigenvalue weighted by Gasteiger charge is -2.07. The van der Waals surface area contributed by atoms with Crippen LogP contribution in [0.15, 0.2) is 0 Å². The van der Waals surface area contributed by atoms with Crippen molar-refractivity contribution in [2.45, 2.75) is 31.9 Å². The molecule has 16 heavy (non-hydrogen) atoms. The zero-order valence-corrected chi connectivity index (χ0v) is 10.6. The highest BCUT2D eigenvalue weighted by Crippen LogP contribution is 2.18. The van der Waals surface area contributed by atoms with Gasteiger partial charge < -0.3 is 0 Å². The molecule has 1 heterocycles. The second-order valence-corrected chi connectivity index (χ2v) is 5.95. The highest BCUT2D eigenvalue weighted by molar-refractivity contribution is 7.93. The van der Waals surface area contributed by atoms with Gasteiger partial charge in [-0.1, -0.05) is 25.2 Å². The number of nitrogens with zero attached hydrogens (tertiary/aromatic N) is 3. The van der Waals surface area contributed by atoms with Crippen molar-refractivity contribution >= 4 is 26.5 Å². The van der Waals surface area contributed by atoms with Gasteiger partial charge in [-0.25, -0.2) is 8.42 Å². The number of rotatable bonds is 5. The first kappa shape index (κ1) is 12.9. The number of aromatic nitrogens is 2. The number of aryl methyl sites for hydroxylation is 1. The topological polar surface area (TPSA) is 95.7 Å². The summed E-state index contributed by atoms with van der Waals surface area (Å²) < 4.78 is 25.6. The van der Waals surface area contributed by atoms with E-state index in [9.17, 15) is 8.42 Å². The molecule has 1 aromatic heterocycles. The van der Waals surface area contributed by atoms with E-state index in [0.717, 1.165) is 5.01 Å². The Balaban J connectivity index is 2.85. The zero-order valence-electron chi connectivity index (χ0n) is 8.97. The summed E-state index contributed by atoms with van der Waals surface area (Å²) in [5.41, 5.74) is 0. The monoisotopic (exact) mass is 260 g/mol. The Labute approximate surface area is 98.4 Å². The van der Waals surface area contributed by atoms with Crippen LogP contribution < -0.4 is 4.72 Å². The van der Waals surface area contributed by atoms with E-state index >= 15 is 0 Å². The van der Waals surface area contributed by atoms with Crippen LogP contribution in [0.5, 0.6) is 0 Å². The first-order valence-electron chi connectivity index (χ1n) is 4.77. The molecule has 0 aliphatic heterocycles. The smallest absolute Gasteiger partial charge is 0.250 e. The molecule has 0 aliphatic carbocycles. The summed E-state index contributed by atoms with van der Waals surface area (Å²) in [6.07, 6.45) is 0.945. The summed E-state index contributed by atoms with van der Waals surface area (Å²) in [5.74, 6) is 0. The van der Waals surface area contributed by atoms with E-state index in [2.05, 4.69) is 14.9 Å². The lowest BCUT2D eigenvalue weighted by molar-refractivity contribution is 0.592. The Morgan fingerprint density at radius 1 is 1.50 bits per heavy atom. The zero-order chi connectivity index (χ0) is 12.2. The Morgan fingerprint density at radius 2 is 2.19 bits per heavy atom. The molecule has 1 rings (SSSR count). The minimum Gasteiger partial charge on any atom is -0.256 e. The van der Waals surface area contributed by atoms with Gasteiger partial charge in [-0.15, -0.1) is 10.2 Å². The number of nitrogens with one attached hydrogen (secondary N) is 1. The predicted molar refractivity (Wildman–Crippen MR) is 61.5 cm³/mol. The van der Waals surface area contributed by atoms with Gasteiger partial charge in [0.25, 0.3) is 10.0 Å². The van der Waals surface area contributed by atoms with Crippen LogP contribution in [0.3, 0.4) is 0 Å². The van der Waals surface area contributed by atoms with Gasteiger partial charge >= 0.3 is 0 Å². The van der Waals surface area contributed by atoms with E-state index in [4.69, 9.17) is 5.26 Å². The molecule has 8 heteroatoms. The first-order valence-corrected chi connectivity index (χ1v) is 7.13. The molecular formula is C8H12N4O2S2. The average Bonchev–Trinajstić information content (AvgIpc) is 2.66.